The predicted molar refractivity (Wildman–Crippen MR) is 154 cm³/mol. The third kappa shape index (κ3) is 6.64. The average molecular weight is 589 g/mol. The molecule has 200 valence electrons. The Kier molecular flexibility index (Phi) is 8.99. The molecule has 1 aliphatic heterocycles. The lowest BCUT2D eigenvalue weighted by molar-refractivity contribution is -0.138. The molecule has 0 radical (unpaired) electrons. The van der Waals surface area contributed by atoms with Crippen molar-refractivity contribution in [3.05, 3.63) is 111 Å². The van der Waals surface area contributed by atoms with Crippen LogP contribution < -0.4 is 15.0 Å². The maximum absolute atomic E-state index is 13.5. The molecular formula is C31H29BrN2O5. The van der Waals surface area contributed by atoms with E-state index in [4.69, 9.17) is 9.47 Å². The lowest BCUT2D eigenvalue weighted by Gasteiger charge is -2.18. The number of amides is 2. The van der Waals surface area contributed by atoms with Crippen LogP contribution in [0.1, 0.15) is 37.9 Å². The molecule has 0 aromatic heterocycles. The summed E-state index contributed by atoms with van der Waals surface area (Å²) >= 11 is 3.41. The number of halogens is 1. The number of anilines is 1. The number of ether oxygens (including phenoxy) is 2. The molecule has 1 heterocycles. The summed E-state index contributed by atoms with van der Waals surface area (Å²) in [5, 5.41) is 2.91. The van der Waals surface area contributed by atoms with E-state index in [1.54, 1.807) is 56.3 Å². The van der Waals surface area contributed by atoms with Crippen LogP contribution in [0.4, 0.5) is 5.69 Å². The molecule has 3 aromatic carbocycles. The van der Waals surface area contributed by atoms with Crippen molar-refractivity contribution in [2.24, 2.45) is 0 Å². The van der Waals surface area contributed by atoms with Gasteiger partial charge in [-0.25, -0.2) is 4.79 Å². The fourth-order valence-electron chi connectivity index (χ4n) is 4.27. The van der Waals surface area contributed by atoms with Crippen molar-refractivity contribution in [2.45, 2.75) is 26.8 Å². The maximum atomic E-state index is 13.5. The zero-order valence-corrected chi connectivity index (χ0v) is 23.5. The van der Waals surface area contributed by atoms with Gasteiger partial charge in [0.05, 0.1) is 23.8 Å². The van der Waals surface area contributed by atoms with Gasteiger partial charge in [0.2, 0.25) is 0 Å². The Labute approximate surface area is 236 Å². The molecule has 2 amide bonds. The number of hydrogen-bond acceptors (Lipinski definition) is 5. The number of carbonyl (C=O) groups is 3. The van der Waals surface area contributed by atoms with Crippen LogP contribution in [-0.4, -0.2) is 31.0 Å². The SMILES string of the molecule is CCOC(=O)C1=C(C)N(c2ccc(Br)cc2)C(=O)/C1=C\c1ccc(OCC(=O)N[C@H](C)c2ccccc2)cc1. The van der Waals surface area contributed by atoms with Gasteiger partial charge in [-0.15, -0.1) is 0 Å². The van der Waals surface area contributed by atoms with E-state index >= 15 is 0 Å². The van der Waals surface area contributed by atoms with Crippen molar-refractivity contribution >= 4 is 45.5 Å². The van der Waals surface area contributed by atoms with Crippen molar-refractivity contribution < 1.29 is 23.9 Å². The molecule has 0 fully saturated rings. The molecule has 7 nitrogen and oxygen atoms in total. The summed E-state index contributed by atoms with van der Waals surface area (Å²) in [6.07, 6.45) is 1.66. The van der Waals surface area contributed by atoms with Gasteiger partial charge >= 0.3 is 5.97 Å². The largest absolute Gasteiger partial charge is 0.484 e. The fourth-order valence-corrected chi connectivity index (χ4v) is 4.53. The highest BCUT2D eigenvalue weighted by atomic mass is 79.9. The second-order valence-corrected chi connectivity index (χ2v) is 9.83. The Morgan fingerprint density at radius 2 is 1.67 bits per heavy atom. The highest BCUT2D eigenvalue weighted by Gasteiger charge is 2.38. The molecule has 0 unspecified atom stereocenters. The Hall–Kier alpha value is -4.17. The molecule has 0 spiro atoms. The Balaban J connectivity index is 1.48. The van der Waals surface area contributed by atoms with E-state index in [1.165, 1.54) is 4.90 Å². The first-order valence-electron chi connectivity index (χ1n) is 12.6. The minimum absolute atomic E-state index is 0.132. The van der Waals surface area contributed by atoms with Gasteiger partial charge in [0, 0.05) is 15.9 Å². The van der Waals surface area contributed by atoms with Gasteiger partial charge in [0.15, 0.2) is 6.61 Å². The van der Waals surface area contributed by atoms with Crippen LogP contribution in [0, 0.1) is 0 Å². The number of carbonyl (C=O) groups excluding carboxylic acids is 3. The molecule has 1 atom stereocenters. The number of hydrogen-bond donors (Lipinski definition) is 1. The van der Waals surface area contributed by atoms with Gasteiger partial charge in [-0.1, -0.05) is 58.4 Å². The van der Waals surface area contributed by atoms with E-state index < -0.39 is 5.97 Å². The monoisotopic (exact) mass is 588 g/mol. The van der Waals surface area contributed by atoms with E-state index in [9.17, 15) is 14.4 Å². The van der Waals surface area contributed by atoms with E-state index in [0.29, 0.717) is 22.7 Å². The Morgan fingerprint density at radius 3 is 2.31 bits per heavy atom. The van der Waals surface area contributed by atoms with Crippen molar-refractivity contribution in [3.8, 4) is 5.75 Å². The first-order valence-corrected chi connectivity index (χ1v) is 13.3. The summed E-state index contributed by atoms with van der Waals surface area (Å²) in [6, 6.07) is 23.8. The summed E-state index contributed by atoms with van der Waals surface area (Å²) < 4.78 is 11.8. The van der Waals surface area contributed by atoms with Gasteiger partial charge < -0.3 is 14.8 Å². The normalized spacial score (nSPS) is 14.9. The van der Waals surface area contributed by atoms with Crippen molar-refractivity contribution in [3.63, 3.8) is 0 Å². The summed E-state index contributed by atoms with van der Waals surface area (Å²) in [5.41, 5.74) is 3.33. The zero-order chi connectivity index (χ0) is 27.9. The number of esters is 1. The number of benzene rings is 3. The summed E-state index contributed by atoms with van der Waals surface area (Å²) in [7, 11) is 0. The van der Waals surface area contributed by atoms with Crippen LogP contribution in [0.25, 0.3) is 6.08 Å². The lowest BCUT2D eigenvalue weighted by atomic mass is 10.0. The molecule has 3 aromatic rings. The number of nitrogens with zero attached hydrogens (tertiary/aromatic N) is 1. The molecule has 0 aliphatic carbocycles. The van der Waals surface area contributed by atoms with Gasteiger partial charge in [-0.2, -0.15) is 0 Å². The van der Waals surface area contributed by atoms with E-state index in [-0.39, 0.29) is 42.2 Å². The summed E-state index contributed by atoms with van der Waals surface area (Å²) in [6.45, 7) is 5.43. The number of nitrogens with one attached hydrogen (secondary N) is 1. The van der Waals surface area contributed by atoms with Crippen LogP contribution in [0.15, 0.2) is 100 Å². The van der Waals surface area contributed by atoms with Crippen LogP contribution in [0.2, 0.25) is 0 Å². The lowest BCUT2D eigenvalue weighted by Crippen LogP contribution is -2.31. The highest BCUT2D eigenvalue weighted by Crippen LogP contribution is 2.36. The van der Waals surface area contributed by atoms with E-state index in [2.05, 4.69) is 21.2 Å². The van der Waals surface area contributed by atoms with Crippen molar-refractivity contribution in [2.75, 3.05) is 18.1 Å². The molecular weight excluding hydrogens is 560 g/mol. The van der Waals surface area contributed by atoms with Gasteiger partial charge in [0.25, 0.3) is 11.8 Å². The fraction of sp³-hybridized carbons (Fsp3) is 0.194. The van der Waals surface area contributed by atoms with Crippen molar-refractivity contribution in [1.82, 2.24) is 5.32 Å². The molecule has 0 saturated carbocycles. The van der Waals surface area contributed by atoms with Gasteiger partial charge in [0.1, 0.15) is 5.75 Å². The highest BCUT2D eigenvalue weighted by molar-refractivity contribution is 9.10. The molecule has 1 aliphatic rings. The molecule has 4 rings (SSSR count). The first kappa shape index (κ1) is 27.9. The van der Waals surface area contributed by atoms with E-state index in [0.717, 1.165) is 10.0 Å². The second kappa shape index (κ2) is 12.6. The zero-order valence-electron chi connectivity index (χ0n) is 21.9. The molecule has 8 heteroatoms. The minimum Gasteiger partial charge on any atom is -0.484 e. The Morgan fingerprint density at radius 1 is 1.00 bits per heavy atom. The number of allylic oxidation sites excluding steroid dienone is 1. The quantitative estimate of drug-likeness (QED) is 0.246. The predicted octanol–water partition coefficient (Wildman–Crippen LogP) is 5.97. The third-order valence-corrected chi connectivity index (χ3v) is 6.73. The molecule has 1 N–H and O–H groups in total. The van der Waals surface area contributed by atoms with Crippen LogP contribution in [0.3, 0.4) is 0 Å². The maximum Gasteiger partial charge on any atom is 0.340 e. The second-order valence-electron chi connectivity index (χ2n) is 8.91. The Bertz CT molecular complexity index is 1410. The average Bonchev–Trinajstić information content (AvgIpc) is 3.18. The topological polar surface area (TPSA) is 84.9 Å². The summed E-state index contributed by atoms with van der Waals surface area (Å²) in [4.78, 5) is 40.2. The number of rotatable bonds is 9. The van der Waals surface area contributed by atoms with Crippen LogP contribution in [-0.2, 0) is 19.1 Å². The molecule has 0 saturated heterocycles. The standard InChI is InChI=1S/C31H29BrN2O5/c1-4-38-31(37)29-21(3)34(25-14-12-24(32)13-15-25)30(36)27(29)18-22-10-16-26(17-11-22)39-19-28(35)33-20(2)23-8-6-5-7-9-23/h5-18,20H,4,19H2,1-3H3,(H,33,35)/b27-18-/t20-/m1/s1. The van der Waals surface area contributed by atoms with Crippen LogP contribution >= 0.6 is 15.9 Å². The molecule has 0 bridgehead atoms. The van der Waals surface area contributed by atoms with Gasteiger partial charge in [-0.3, -0.25) is 14.5 Å². The van der Waals surface area contributed by atoms with Crippen molar-refractivity contribution in [1.29, 1.82) is 0 Å². The molecule has 39 heavy (non-hydrogen) atoms. The minimum atomic E-state index is -0.551. The van der Waals surface area contributed by atoms with E-state index in [1.807, 2.05) is 49.4 Å². The third-order valence-electron chi connectivity index (χ3n) is 6.20. The smallest absolute Gasteiger partial charge is 0.340 e. The first-order chi connectivity index (χ1) is 18.8. The summed E-state index contributed by atoms with van der Waals surface area (Å²) in [5.74, 6) is -0.597. The van der Waals surface area contributed by atoms with Gasteiger partial charge in [-0.05, 0) is 74.4 Å². The van der Waals surface area contributed by atoms with Crippen LogP contribution in [0.5, 0.6) is 5.75 Å².